The van der Waals surface area contributed by atoms with Crippen LogP contribution in [0.4, 0.5) is 0 Å². The Balaban J connectivity index is 2.50. The Morgan fingerprint density at radius 1 is 1.40 bits per heavy atom. The molecular weight excluding hydrogens is 206 g/mol. The minimum absolute atomic E-state index is 0.336. The predicted octanol–water partition coefficient (Wildman–Crippen LogP) is 1.25. The van der Waals surface area contributed by atoms with Crippen molar-refractivity contribution in [3.63, 3.8) is 0 Å². The molecule has 1 unspecified atom stereocenters. The third-order valence-corrected chi connectivity index (χ3v) is 3.59. The van der Waals surface area contributed by atoms with Crippen molar-refractivity contribution < 1.29 is 0 Å². The van der Waals surface area contributed by atoms with Gasteiger partial charge in [0.05, 0.1) is 0 Å². The predicted molar refractivity (Wildman–Crippen MR) is 67.1 cm³/mol. The van der Waals surface area contributed by atoms with Crippen molar-refractivity contribution >= 4 is 11.3 Å². The van der Waals surface area contributed by atoms with Crippen LogP contribution in [0.3, 0.4) is 0 Å². The average Bonchev–Trinajstić information content (AvgIpc) is 2.64. The van der Waals surface area contributed by atoms with Crippen molar-refractivity contribution in [2.75, 3.05) is 20.6 Å². The molecule has 0 fully saturated rings. The van der Waals surface area contributed by atoms with Gasteiger partial charge in [0.1, 0.15) is 0 Å². The van der Waals surface area contributed by atoms with Crippen LogP contribution in [0.25, 0.3) is 0 Å². The van der Waals surface area contributed by atoms with Crippen molar-refractivity contribution in [2.24, 2.45) is 5.84 Å². The molecule has 0 aliphatic heterocycles. The number of hydrazine groups is 1. The molecule has 0 radical (unpaired) electrons. The fraction of sp³-hybridized carbons (Fsp3) is 0.636. The number of rotatable bonds is 6. The van der Waals surface area contributed by atoms with Gasteiger partial charge in [-0.1, -0.05) is 6.92 Å². The van der Waals surface area contributed by atoms with Gasteiger partial charge in [0.15, 0.2) is 0 Å². The van der Waals surface area contributed by atoms with E-state index >= 15 is 0 Å². The number of hydrogen-bond acceptors (Lipinski definition) is 4. The Morgan fingerprint density at radius 3 is 2.53 bits per heavy atom. The molecule has 3 nitrogen and oxygen atoms in total. The van der Waals surface area contributed by atoms with E-state index in [-0.39, 0.29) is 0 Å². The highest BCUT2D eigenvalue weighted by Gasteiger charge is 2.10. The molecule has 1 aromatic rings. The Labute approximate surface area is 96.2 Å². The zero-order chi connectivity index (χ0) is 11.3. The molecule has 0 saturated heterocycles. The Bertz CT molecular complexity index is 283. The van der Waals surface area contributed by atoms with Crippen molar-refractivity contribution in [2.45, 2.75) is 25.8 Å². The summed E-state index contributed by atoms with van der Waals surface area (Å²) < 4.78 is 0. The lowest BCUT2D eigenvalue weighted by atomic mass is 10.2. The van der Waals surface area contributed by atoms with Crippen molar-refractivity contribution in [3.8, 4) is 0 Å². The van der Waals surface area contributed by atoms with E-state index < -0.39 is 0 Å². The summed E-state index contributed by atoms with van der Waals surface area (Å²) in [5.74, 6) is 5.54. The maximum absolute atomic E-state index is 5.54. The van der Waals surface area contributed by atoms with Gasteiger partial charge in [0, 0.05) is 22.3 Å². The standard InChI is InChI=1S/C11H21N3S/c1-4-10-5-6-11(15-10)7-9(13-12)8-14(2)3/h5-6,9,13H,4,7-8,12H2,1-3H3. The SMILES string of the molecule is CCc1ccc(CC(CN(C)C)NN)s1. The van der Waals surface area contributed by atoms with Crippen LogP contribution in [0.2, 0.25) is 0 Å². The van der Waals surface area contributed by atoms with Crippen molar-refractivity contribution in [1.82, 2.24) is 10.3 Å². The molecule has 86 valence electrons. The number of nitrogens with two attached hydrogens (primary N) is 1. The lowest BCUT2D eigenvalue weighted by Crippen LogP contribution is -2.43. The zero-order valence-corrected chi connectivity index (χ0v) is 10.6. The first-order chi connectivity index (χ1) is 7.15. The van der Waals surface area contributed by atoms with Gasteiger partial charge in [-0.25, -0.2) is 0 Å². The van der Waals surface area contributed by atoms with Crippen LogP contribution in [0.1, 0.15) is 16.7 Å². The number of thiophene rings is 1. The van der Waals surface area contributed by atoms with Crippen LogP contribution in [0.15, 0.2) is 12.1 Å². The topological polar surface area (TPSA) is 41.3 Å². The maximum atomic E-state index is 5.54. The molecule has 1 atom stereocenters. The van der Waals surface area contributed by atoms with Crippen LogP contribution in [0.5, 0.6) is 0 Å². The molecule has 1 heterocycles. The maximum Gasteiger partial charge on any atom is 0.0385 e. The van der Waals surface area contributed by atoms with E-state index in [0.29, 0.717) is 6.04 Å². The number of nitrogens with one attached hydrogen (secondary N) is 1. The molecular formula is C11H21N3S. The lowest BCUT2D eigenvalue weighted by Gasteiger charge is -2.19. The second-order valence-electron chi connectivity index (χ2n) is 4.05. The summed E-state index contributed by atoms with van der Waals surface area (Å²) in [6.07, 6.45) is 2.14. The largest absolute Gasteiger partial charge is 0.308 e. The lowest BCUT2D eigenvalue weighted by molar-refractivity contribution is 0.339. The van der Waals surface area contributed by atoms with Gasteiger partial charge in [0.25, 0.3) is 0 Å². The Hall–Kier alpha value is -0.420. The van der Waals surface area contributed by atoms with Crippen LogP contribution in [-0.2, 0) is 12.8 Å². The van der Waals surface area contributed by atoms with Gasteiger partial charge in [-0.2, -0.15) is 0 Å². The highest BCUT2D eigenvalue weighted by molar-refractivity contribution is 7.11. The summed E-state index contributed by atoms with van der Waals surface area (Å²) in [7, 11) is 4.13. The van der Waals surface area contributed by atoms with E-state index in [1.54, 1.807) is 0 Å². The molecule has 0 bridgehead atoms. The summed E-state index contributed by atoms with van der Waals surface area (Å²) in [5, 5.41) is 0. The highest BCUT2D eigenvalue weighted by Crippen LogP contribution is 2.18. The van der Waals surface area contributed by atoms with Gasteiger partial charge >= 0.3 is 0 Å². The molecule has 15 heavy (non-hydrogen) atoms. The number of hydrogen-bond donors (Lipinski definition) is 2. The molecule has 0 aromatic carbocycles. The quantitative estimate of drug-likeness (QED) is 0.567. The Kier molecular flexibility index (Phi) is 5.25. The third kappa shape index (κ3) is 4.30. The van der Waals surface area contributed by atoms with Crippen molar-refractivity contribution in [1.29, 1.82) is 0 Å². The average molecular weight is 227 g/mol. The van der Waals surface area contributed by atoms with E-state index in [4.69, 9.17) is 5.84 Å². The summed E-state index contributed by atoms with van der Waals surface area (Å²) in [4.78, 5) is 5.01. The summed E-state index contributed by atoms with van der Waals surface area (Å²) in [6, 6.07) is 4.76. The second kappa shape index (κ2) is 6.23. The first-order valence-electron chi connectivity index (χ1n) is 5.34. The van der Waals surface area contributed by atoms with E-state index in [2.05, 4.69) is 43.5 Å². The Morgan fingerprint density at radius 2 is 2.07 bits per heavy atom. The highest BCUT2D eigenvalue weighted by atomic mass is 32.1. The van der Waals surface area contributed by atoms with Gasteiger partial charge in [-0.15, -0.1) is 11.3 Å². The van der Waals surface area contributed by atoms with Gasteiger partial charge in [-0.05, 0) is 39.1 Å². The third-order valence-electron chi connectivity index (χ3n) is 2.33. The van der Waals surface area contributed by atoms with Crippen LogP contribution < -0.4 is 11.3 Å². The zero-order valence-electron chi connectivity index (χ0n) is 9.79. The first-order valence-corrected chi connectivity index (χ1v) is 6.15. The molecule has 0 saturated carbocycles. The van der Waals surface area contributed by atoms with Gasteiger partial charge < -0.3 is 4.90 Å². The van der Waals surface area contributed by atoms with E-state index in [9.17, 15) is 0 Å². The van der Waals surface area contributed by atoms with E-state index in [1.807, 2.05) is 11.3 Å². The van der Waals surface area contributed by atoms with Crippen LogP contribution in [0, 0.1) is 0 Å². The molecule has 0 aliphatic carbocycles. The molecule has 1 rings (SSSR count). The summed E-state index contributed by atoms with van der Waals surface area (Å²) in [5.41, 5.74) is 2.87. The second-order valence-corrected chi connectivity index (χ2v) is 5.30. The molecule has 0 amide bonds. The summed E-state index contributed by atoms with van der Waals surface area (Å²) >= 11 is 1.89. The minimum atomic E-state index is 0.336. The van der Waals surface area contributed by atoms with Crippen LogP contribution >= 0.6 is 11.3 Å². The minimum Gasteiger partial charge on any atom is -0.308 e. The number of nitrogens with zero attached hydrogens (tertiary/aromatic N) is 1. The number of likely N-dealkylation sites (N-methyl/N-ethyl adjacent to an activating group) is 1. The van der Waals surface area contributed by atoms with Gasteiger partial charge in [0.2, 0.25) is 0 Å². The molecule has 3 N–H and O–H groups in total. The molecule has 4 heteroatoms. The molecule has 0 aliphatic rings. The first kappa shape index (κ1) is 12.6. The van der Waals surface area contributed by atoms with Gasteiger partial charge in [-0.3, -0.25) is 11.3 Å². The van der Waals surface area contributed by atoms with Crippen molar-refractivity contribution in [3.05, 3.63) is 21.9 Å². The monoisotopic (exact) mass is 227 g/mol. The molecule has 1 aromatic heterocycles. The fourth-order valence-corrected chi connectivity index (χ4v) is 2.62. The normalized spacial score (nSPS) is 13.4. The van der Waals surface area contributed by atoms with Crippen LogP contribution in [-0.4, -0.2) is 31.6 Å². The fourth-order valence-electron chi connectivity index (χ4n) is 1.58. The summed E-state index contributed by atoms with van der Waals surface area (Å²) in [6.45, 7) is 3.16. The van der Waals surface area contributed by atoms with E-state index in [0.717, 1.165) is 19.4 Å². The smallest absolute Gasteiger partial charge is 0.0385 e. The van der Waals surface area contributed by atoms with E-state index in [1.165, 1.54) is 9.75 Å². The molecule has 0 spiro atoms. The number of aryl methyl sites for hydroxylation is 1.